The molecule has 176 valence electrons. The number of hydrogen-bond donors (Lipinski definition) is 2. The molecule has 1 aromatic carbocycles. The van der Waals surface area contributed by atoms with Gasteiger partial charge in [-0.15, -0.1) is 11.3 Å². The van der Waals surface area contributed by atoms with Crippen molar-refractivity contribution in [3.05, 3.63) is 59.0 Å². The van der Waals surface area contributed by atoms with Crippen LogP contribution < -0.4 is 10.0 Å². The molecule has 0 saturated carbocycles. The molecular formula is C22H22N6O4S2. The average Bonchev–Trinajstić information content (AvgIpc) is 3.11. The van der Waals surface area contributed by atoms with E-state index in [9.17, 15) is 13.2 Å². The topological polar surface area (TPSA) is 136 Å². The van der Waals surface area contributed by atoms with Gasteiger partial charge in [-0.3, -0.25) is 0 Å². The maximum Gasteiger partial charge on any atom is 0.348 e. The van der Waals surface area contributed by atoms with Gasteiger partial charge in [-0.2, -0.15) is 0 Å². The Morgan fingerprint density at radius 2 is 1.79 bits per heavy atom. The largest absolute Gasteiger partial charge is 0.459 e. The van der Waals surface area contributed by atoms with Crippen LogP contribution in [0.3, 0.4) is 0 Å². The number of nitrogens with one attached hydrogen (secondary N) is 2. The summed E-state index contributed by atoms with van der Waals surface area (Å²) in [5.74, 6) is 0.107. The molecule has 0 aliphatic rings. The molecule has 10 nitrogen and oxygen atoms in total. The number of sulfonamides is 1. The molecule has 0 aliphatic carbocycles. The number of carbonyl (C=O) groups excluding carboxylic acids is 1. The Balaban J connectivity index is 1.58. The van der Waals surface area contributed by atoms with Gasteiger partial charge < -0.3 is 10.1 Å². The number of anilines is 3. The molecule has 4 rings (SSSR count). The van der Waals surface area contributed by atoms with Gasteiger partial charge in [0.1, 0.15) is 21.9 Å². The first-order valence-electron chi connectivity index (χ1n) is 10.3. The van der Waals surface area contributed by atoms with Gasteiger partial charge in [0.25, 0.3) is 10.0 Å². The quantitative estimate of drug-likeness (QED) is 0.359. The highest BCUT2D eigenvalue weighted by molar-refractivity contribution is 7.92. The van der Waals surface area contributed by atoms with E-state index >= 15 is 0 Å². The summed E-state index contributed by atoms with van der Waals surface area (Å²) in [6, 6.07) is 7.84. The molecule has 0 bridgehead atoms. The lowest BCUT2D eigenvalue weighted by Crippen LogP contribution is -2.15. The van der Waals surface area contributed by atoms with Crippen LogP contribution in [0.2, 0.25) is 0 Å². The normalized spacial score (nSPS) is 11.6. The molecule has 3 heterocycles. The van der Waals surface area contributed by atoms with Gasteiger partial charge in [0.05, 0.1) is 16.4 Å². The van der Waals surface area contributed by atoms with Gasteiger partial charge in [0, 0.05) is 17.6 Å². The van der Waals surface area contributed by atoms with Crippen LogP contribution in [0.5, 0.6) is 0 Å². The summed E-state index contributed by atoms with van der Waals surface area (Å²) in [7, 11) is -3.86. The van der Waals surface area contributed by atoms with Gasteiger partial charge in [0.2, 0.25) is 5.95 Å². The summed E-state index contributed by atoms with van der Waals surface area (Å²) in [5.41, 5.74) is 1.98. The van der Waals surface area contributed by atoms with Crippen molar-refractivity contribution in [1.82, 2.24) is 19.9 Å². The molecule has 12 heteroatoms. The van der Waals surface area contributed by atoms with Crippen LogP contribution >= 0.6 is 11.3 Å². The second-order valence-electron chi connectivity index (χ2n) is 7.69. The van der Waals surface area contributed by atoms with Crippen LogP contribution in [-0.4, -0.2) is 40.4 Å². The first kappa shape index (κ1) is 23.5. The number of aromatic nitrogens is 4. The van der Waals surface area contributed by atoms with E-state index in [1.165, 1.54) is 36.0 Å². The summed E-state index contributed by atoms with van der Waals surface area (Å²) >= 11 is 1.24. The Morgan fingerprint density at radius 3 is 2.47 bits per heavy atom. The zero-order valence-electron chi connectivity index (χ0n) is 18.9. The van der Waals surface area contributed by atoms with Gasteiger partial charge in [0.15, 0.2) is 0 Å². The lowest BCUT2D eigenvalue weighted by molar-refractivity contribution is 0.0383. The minimum atomic E-state index is -3.86. The number of benzene rings is 1. The summed E-state index contributed by atoms with van der Waals surface area (Å²) in [6.07, 6.45) is 2.65. The van der Waals surface area contributed by atoms with Crippen molar-refractivity contribution in [1.29, 1.82) is 0 Å². The minimum absolute atomic E-state index is 0.00492. The molecule has 0 radical (unpaired) electrons. The molecule has 0 saturated heterocycles. The van der Waals surface area contributed by atoms with Crippen LogP contribution in [0.25, 0.3) is 10.2 Å². The van der Waals surface area contributed by atoms with Gasteiger partial charge in [-0.25, -0.2) is 37.9 Å². The van der Waals surface area contributed by atoms with Gasteiger partial charge in [-0.1, -0.05) is 0 Å². The zero-order chi connectivity index (χ0) is 24.5. The van der Waals surface area contributed by atoms with E-state index in [4.69, 9.17) is 4.74 Å². The second kappa shape index (κ2) is 9.31. The molecule has 0 spiro atoms. The number of nitrogens with zero attached hydrogens (tertiary/aromatic N) is 4. The van der Waals surface area contributed by atoms with Gasteiger partial charge in [-0.05, 0) is 63.6 Å². The van der Waals surface area contributed by atoms with Crippen molar-refractivity contribution in [3.8, 4) is 0 Å². The maximum absolute atomic E-state index is 12.7. The van der Waals surface area contributed by atoms with Crippen molar-refractivity contribution in [2.45, 2.75) is 38.7 Å². The highest BCUT2D eigenvalue weighted by Gasteiger charge is 2.21. The van der Waals surface area contributed by atoms with E-state index in [0.717, 1.165) is 5.56 Å². The first-order chi connectivity index (χ1) is 16.1. The van der Waals surface area contributed by atoms with Crippen LogP contribution in [-0.2, 0) is 14.8 Å². The molecule has 2 N–H and O–H groups in total. The molecule has 3 aromatic heterocycles. The molecule has 0 aliphatic heterocycles. The van der Waals surface area contributed by atoms with Crippen molar-refractivity contribution in [2.24, 2.45) is 0 Å². The number of hydrogen-bond acceptors (Lipinski definition) is 10. The monoisotopic (exact) mass is 498 g/mol. The van der Waals surface area contributed by atoms with Crippen molar-refractivity contribution in [2.75, 3.05) is 10.0 Å². The Labute approximate surface area is 200 Å². The third-order valence-electron chi connectivity index (χ3n) is 4.70. The fourth-order valence-electron chi connectivity index (χ4n) is 3.16. The molecule has 4 aromatic rings. The molecule has 0 atom stereocenters. The predicted octanol–water partition coefficient (Wildman–Crippen LogP) is 4.21. The summed E-state index contributed by atoms with van der Waals surface area (Å²) in [5, 5.41) is 3.89. The minimum Gasteiger partial charge on any atom is -0.459 e. The van der Waals surface area contributed by atoms with E-state index in [-0.39, 0.29) is 16.9 Å². The molecular weight excluding hydrogens is 476 g/mol. The Morgan fingerprint density at radius 1 is 1.06 bits per heavy atom. The highest BCUT2D eigenvalue weighted by atomic mass is 32.2. The SMILES string of the molecule is Cc1ccnc(NS(=O)(=O)c2ccc(Nc3ncnc4sc(C(=O)OC(C)C)c(C)c34)cc2)n1. The maximum atomic E-state index is 12.7. The number of thiophene rings is 1. The Kier molecular flexibility index (Phi) is 6.44. The molecule has 0 amide bonds. The lowest BCUT2D eigenvalue weighted by atomic mass is 10.2. The Bertz CT molecular complexity index is 1470. The van der Waals surface area contributed by atoms with Crippen molar-refractivity contribution < 1.29 is 17.9 Å². The van der Waals surface area contributed by atoms with E-state index in [0.29, 0.717) is 32.3 Å². The summed E-state index contributed by atoms with van der Waals surface area (Å²) < 4.78 is 33.0. The van der Waals surface area contributed by atoms with Crippen LogP contribution in [0, 0.1) is 13.8 Å². The fraction of sp³-hybridized carbons (Fsp3) is 0.227. The van der Waals surface area contributed by atoms with Crippen LogP contribution in [0.1, 0.15) is 34.8 Å². The standard InChI is InChI=1S/C22H22N6O4S2/c1-12(2)32-21(29)18-14(4)17-19(24-11-25-20(17)33-18)27-15-5-7-16(8-6-15)34(30,31)28-22-23-10-9-13(3)26-22/h5-12H,1-4H3,(H,23,26,28)(H,24,25,27). The number of fused-ring (bicyclic) bond motifs is 1. The lowest BCUT2D eigenvalue weighted by Gasteiger charge is -2.10. The molecule has 0 fully saturated rings. The van der Waals surface area contributed by atoms with E-state index in [2.05, 4.69) is 30.0 Å². The third kappa shape index (κ3) is 4.97. The van der Waals surface area contributed by atoms with E-state index in [1.54, 1.807) is 39.0 Å². The van der Waals surface area contributed by atoms with Crippen molar-refractivity contribution in [3.63, 3.8) is 0 Å². The number of ether oxygens (including phenoxy) is 1. The second-order valence-corrected chi connectivity index (χ2v) is 10.4. The van der Waals surface area contributed by atoms with E-state index in [1.807, 2.05) is 6.92 Å². The molecule has 34 heavy (non-hydrogen) atoms. The number of esters is 1. The van der Waals surface area contributed by atoms with Gasteiger partial charge >= 0.3 is 5.97 Å². The highest BCUT2D eigenvalue weighted by Crippen LogP contribution is 2.35. The first-order valence-corrected chi connectivity index (χ1v) is 12.6. The van der Waals surface area contributed by atoms with E-state index < -0.39 is 16.0 Å². The Hall–Kier alpha value is -3.64. The number of carbonyl (C=O) groups is 1. The predicted molar refractivity (Wildman–Crippen MR) is 130 cm³/mol. The average molecular weight is 499 g/mol. The molecule has 0 unspecified atom stereocenters. The van der Waals surface area contributed by atoms with Crippen LogP contribution in [0.15, 0.2) is 47.8 Å². The summed E-state index contributed by atoms with van der Waals surface area (Å²) in [4.78, 5) is 30.2. The van der Waals surface area contributed by atoms with Crippen molar-refractivity contribution >= 4 is 55.0 Å². The number of rotatable bonds is 7. The number of aryl methyl sites for hydroxylation is 2. The summed E-state index contributed by atoms with van der Waals surface area (Å²) in [6.45, 7) is 7.15. The smallest absolute Gasteiger partial charge is 0.348 e. The zero-order valence-corrected chi connectivity index (χ0v) is 20.5. The van der Waals surface area contributed by atoms with Crippen LogP contribution in [0.4, 0.5) is 17.5 Å². The third-order valence-corrected chi connectivity index (χ3v) is 7.23. The fourth-order valence-corrected chi connectivity index (χ4v) is 5.14.